The average molecular weight is 642 g/mol. The molecular weight excluding hydrogens is 614 g/mol. The van der Waals surface area contributed by atoms with E-state index in [1.807, 2.05) is 0 Å². The number of halogens is 4. The minimum absolute atomic E-state index is 0.0150. The first-order valence-corrected chi connectivity index (χ1v) is 13.6. The van der Waals surface area contributed by atoms with E-state index in [9.17, 15) is 27.6 Å². The van der Waals surface area contributed by atoms with Crippen LogP contribution in [0.4, 0.5) is 23.2 Å². The number of fused-ring (bicyclic) bond motifs is 1. The van der Waals surface area contributed by atoms with Crippen LogP contribution in [0.3, 0.4) is 0 Å². The number of imidazole rings is 1. The zero-order valence-electron chi connectivity index (χ0n) is 24.9. The topological polar surface area (TPSA) is 136 Å². The number of amides is 2. The third kappa shape index (κ3) is 6.27. The number of nitrogens with one attached hydrogen (secondary N) is 2. The molecule has 0 aliphatic carbocycles. The second-order valence-electron chi connectivity index (χ2n) is 10.4. The first-order chi connectivity index (χ1) is 21.8. The highest BCUT2D eigenvalue weighted by molar-refractivity contribution is 5.98. The maximum Gasteiger partial charge on any atom is 0.416 e. The molecule has 0 bridgehead atoms. The summed E-state index contributed by atoms with van der Waals surface area (Å²) in [6.45, 7) is -0.856. The minimum atomic E-state index is -4.86. The molecule has 0 aliphatic heterocycles. The molecule has 0 atom stereocenters. The average Bonchev–Trinajstić information content (AvgIpc) is 3.61. The Labute approximate surface area is 258 Å². The zero-order chi connectivity index (χ0) is 33.3. The summed E-state index contributed by atoms with van der Waals surface area (Å²) in [5, 5.41) is 8.82. The molecule has 0 aliphatic rings. The van der Waals surface area contributed by atoms with Crippen molar-refractivity contribution in [3.05, 3.63) is 88.1 Å². The van der Waals surface area contributed by atoms with Crippen LogP contribution >= 0.6 is 0 Å². The van der Waals surface area contributed by atoms with Gasteiger partial charge in [0.25, 0.3) is 5.91 Å². The molecule has 0 radical (unpaired) electrons. The Morgan fingerprint density at radius 1 is 1.11 bits per heavy atom. The highest BCUT2D eigenvalue weighted by Gasteiger charge is 2.33. The number of nitrogens with zero attached hydrogens (tertiary/aromatic N) is 5. The molecule has 0 fully saturated rings. The van der Waals surface area contributed by atoms with E-state index >= 15 is 4.39 Å². The largest absolute Gasteiger partial charge is 0.493 e. The second kappa shape index (κ2) is 12.4. The summed E-state index contributed by atoms with van der Waals surface area (Å²) >= 11 is 0. The lowest BCUT2D eigenvalue weighted by Gasteiger charge is -2.16. The van der Waals surface area contributed by atoms with E-state index in [0.717, 1.165) is 27.3 Å². The second-order valence-corrected chi connectivity index (χ2v) is 10.4. The fourth-order valence-corrected chi connectivity index (χ4v) is 4.88. The van der Waals surface area contributed by atoms with Gasteiger partial charge in [0.15, 0.2) is 23.1 Å². The summed E-state index contributed by atoms with van der Waals surface area (Å²) in [6.07, 6.45) is -3.62. The first-order valence-electron chi connectivity index (χ1n) is 13.6. The minimum Gasteiger partial charge on any atom is -0.493 e. The van der Waals surface area contributed by atoms with Crippen LogP contribution in [0.1, 0.15) is 21.7 Å². The highest BCUT2D eigenvalue weighted by Crippen LogP contribution is 2.41. The van der Waals surface area contributed by atoms with Crippen LogP contribution in [0.15, 0.2) is 59.7 Å². The van der Waals surface area contributed by atoms with Crippen molar-refractivity contribution < 1.29 is 36.6 Å². The number of aryl methyl sites for hydroxylation is 1. The van der Waals surface area contributed by atoms with E-state index in [-0.39, 0.29) is 51.9 Å². The lowest BCUT2D eigenvalue weighted by atomic mass is 9.99. The maximum absolute atomic E-state index is 15.4. The van der Waals surface area contributed by atoms with E-state index < -0.39 is 35.7 Å². The molecule has 16 heteroatoms. The lowest BCUT2D eigenvalue weighted by Crippen LogP contribution is -2.28. The SMILES string of the molecule is COc1cc(-c2cc(C(F)(F)F)cc3c2n(C)c(=O)n3CC(=O)Nc2cccc(C(=O)N(C)C)c2)cc(F)c1OCc1ncn[nH]1. The first kappa shape index (κ1) is 31.7. The van der Waals surface area contributed by atoms with Gasteiger partial charge >= 0.3 is 11.9 Å². The Balaban J connectivity index is 1.57. The van der Waals surface area contributed by atoms with Crippen LogP contribution in [-0.2, 0) is 31.2 Å². The van der Waals surface area contributed by atoms with Crippen LogP contribution in [0.25, 0.3) is 22.2 Å². The number of methoxy groups -OCH3 is 1. The number of carbonyl (C=O) groups is 2. The summed E-state index contributed by atoms with van der Waals surface area (Å²) in [4.78, 5) is 44.0. The number of H-pyrrole nitrogens is 1. The number of benzene rings is 3. The van der Waals surface area contributed by atoms with Crippen molar-refractivity contribution >= 4 is 28.5 Å². The number of alkyl halides is 3. The Hall–Kier alpha value is -5.67. The summed E-state index contributed by atoms with van der Waals surface area (Å²) in [7, 11) is 5.70. The predicted molar refractivity (Wildman–Crippen MR) is 158 cm³/mol. The molecule has 0 saturated carbocycles. The quantitative estimate of drug-likeness (QED) is 0.230. The molecule has 2 aromatic heterocycles. The van der Waals surface area contributed by atoms with Crippen LogP contribution in [-0.4, -0.2) is 62.2 Å². The standard InChI is InChI=1S/C30H27F4N7O5/c1-39(2)28(43)16-6-5-7-19(8-16)37-25(42)13-41-22-12-18(30(32,33)34)11-20(26(22)40(3)29(41)44)17-9-21(31)27(23(10-17)45-4)46-14-24-35-15-36-38-24/h5-12,15H,13-14H2,1-4H3,(H,37,42)(H,35,36,38). The number of aromatic amines is 1. The lowest BCUT2D eigenvalue weighted by molar-refractivity contribution is -0.137. The Bertz CT molecular complexity index is 2000. The highest BCUT2D eigenvalue weighted by atomic mass is 19.4. The van der Waals surface area contributed by atoms with E-state index in [1.54, 1.807) is 26.2 Å². The molecule has 12 nitrogen and oxygen atoms in total. The Kier molecular flexibility index (Phi) is 8.54. The summed E-state index contributed by atoms with van der Waals surface area (Å²) < 4.78 is 70.6. The van der Waals surface area contributed by atoms with Crippen molar-refractivity contribution in [3.8, 4) is 22.6 Å². The van der Waals surface area contributed by atoms with Gasteiger partial charge in [0, 0.05) is 38.0 Å². The van der Waals surface area contributed by atoms with Gasteiger partial charge in [0.05, 0.1) is 23.7 Å². The van der Waals surface area contributed by atoms with Gasteiger partial charge in [0.1, 0.15) is 19.5 Å². The zero-order valence-corrected chi connectivity index (χ0v) is 24.9. The van der Waals surface area contributed by atoms with Crippen molar-refractivity contribution in [3.63, 3.8) is 0 Å². The Morgan fingerprint density at radius 3 is 2.52 bits per heavy atom. The molecule has 2 amide bonds. The number of aromatic nitrogens is 5. The third-order valence-corrected chi connectivity index (χ3v) is 7.02. The van der Waals surface area contributed by atoms with Gasteiger partial charge in [-0.15, -0.1) is 0 Å². The monoisotopic (exact) mass is 641 g/mol. The number of rotatable bonds is 9. The summed E-state index contributed by atoms with van der Waals surface area (Å²) in [5.41, 5.74) is -1.77. The van der Waals surface area contributed by atoms with Crippen molar-refractivity contribution in [1.29, 1.82) is 0 Å². The molecule has 0 saturated heterocycles. The van der Waals surface area contributed by atoms with E-state index in [2.05, 4.69) is 20.5 Å². The molecule has 2 heterocycles. The number of hydrogen-bond acceptors (Lipinski definition) is 7. The van der Waals surface area contributed by atoms with Gasteiger partial charge < -0.3 is 19.7 Å². The number of hydrogen-bond donors (Lipinski definition) is 2. The number of anilines is 1. The van der Waals surface area contributed by atoms with Crippen molar-refractivity contribution in [1.82, 2.24) is 29.2 Å². The van der Waals surface area contributed by atoms with Gasteiger partial charge in [-0.2, -0.15) is 18.3 Å². The van der Waals surface area contributed by atoms with E-state index in [0.29, 0.717) is 11.4 Å². The van der Waals surface area contributed by atoms with Gasteiger partial charge in [0.2, 0.25) is 5.91 Å². The fraction of sp³-hybridized carbons (Fsp3) is 0.233. The third-order valence-electron chi connectivity index (χ3n) is 7.02. The van der Waals surface area contributed by atoms with Gasteiger partial charge in [-0.25, -0.2) is 14.2 Å². The molecule has 3 aromatic carbocycles. The molecule has 240 valence electrons. The number of ether oxygens (including phenoxy) is 2. The van der Waals surface area contributed by atoms with Crippen LogP contribution < -0.4 is 20.5 Å². The van der Waals surface area contributed by atoms with E-state index in [1.165, 1.54) is 43.6 Å². The van der Waals surface area contributed by atoms with Crippen molar-refractivity contribution in [2.24, 2.45) is 7.05 Å². The van der Waals surface area contributed by atoms with Crippen LogP contribution in [0, 0.1) is 5.82 Å². The maximum atomic E-state index is 15.4. The molecule has 5 aromatic rings. The molecule has 46 heavy (non-hydrogen) atoms. The van der Waals surface area contributed by atoms with E-state index in [4.69, 9.17) is 9.47 Å². The Morgan fingerprint density at radius 2 is 1.87 bits per heavy atom. The number of carbonyl (C=O) groups excluding carboxylic acids is 2. The fourth-order valence-electron chi connectivity index (χ4n) is 4.88. The van der Waals surface area contributed by atoms with Crippen LogP contribution in [0.2, 0.25) is 0 Å². The van der Waals surface area contributed by atoms with Gasteiger partial charge in [-0.3, -0.25) is 23.8 Å². The molecule has 5 rings (SSSR count). The van der Waals surface area contributed by atoms with Crippen molar-refractivity contribution in [2.45, 2.75) is 19.3 Å². The molecule has 2 N–H and O–H groups in total. The predicted octanol–water partition coefficient (Wildman–Crippen LogP) is 4.21. The van der Waals surface area contributed by atoms with Crippen LogP contribution in [0.5, 0.6) is 11.5 Å². The van der Waals surface area contributed by atoms with Gasteiger partial charge in [-0.05, 0) is 48.0 Å². The summed E-state index contributed by atoms with van der Waals surface area (Å²) in [6, 6.07) is 9.86. The van der Waals surface area contributed by atoms with Crippen molar-refractivity contribution in [2.75, 3.05) is 26.5 Å². The smallest absolute Gasteiger partial charge is 0.416 e. The van der Waals surface area contributed by atoms with Gasteiger partial charge in [-0.1, -0.05) is 6.07 Å². The normalized spacial score (nSPS) is 11.5. The molecule has 0 unspecified atom stereocenters. The molecular formula is C30H27F4N7O5. The molecule has 0 spiro atoms. The summed E-state index contributed by atoms with van der Waals surface area (Å²) in [5.74, 6) is -2.14.